The van der Waals surface area contributed by atoms with E-state index >= 15 is 0 Å². The van der Waals surface area contributed by atoms with E-state index in [9.17, 15) is 0 Å². The van der Waals surface area contributed by atoms with Gasteiger partial charge in [0.25, 0.3) is 0 Å². The quantitative estimate of drug-likeness (QED) is 0.680. The number of hydrogen-bond donors (Lipinski definition) is 0. The number of halogens is 1. The van der Waals surface area contributed by atoms with Crippen molar-refractivity contribution in [2.45, 2.75) is 46.0 Å². The van der Waals surface area contributed by atoms with Gasteiger partial charge in [0.1, 0.15) is 0 Å². The average molecular weight is 212 g/mol. The molecule has 0 aliphatic rings. The number of hydrogen-bond acceptors (Lipinski definition) is 1. The first-order valence-corrected chi connectivity index (χ1v) is 5.36. The largest absolute Gasteiger partial charge is 0.259 e. The van der Waals surface area contributed by atoms with Crippen LogP contribution in [0.5, 0.6) is 0 Å². The Balaban J connectivity index is 3.28. The lowest BCUT2D eigenvalue weighted by molar-refractivity contribution is 0.587. The van der Waals surface area contributed by atoms with Crippen LogP contribution in [0.15, 0.2) is 12.3 Å². The van der Waals surface area contributed by atoms with Gasteiger partial charge in [-0.15, -0.1) is 0 Å². The molecule has 0 N–H and O–H groups in total. The molecule has 0 saturated carbocycles. The molecule has 0 spiro atoms. The van der Waals surface area contributed by atoms with Crippen LogP contribution in [-0.2, 0) is 5.41 Å². The third kappa shape index (κ3) is 2.27. The molecule has 0 amide bonds. The molecule has 0 atom stereocenters. The van der Waals surface area contributed by atoms with Gasteiger partial charge in [0.15, 0.2) is 0 Å². The summed E-state index contributed by atoms with van der Waals surface area (Å²) in [5.74, 6) is 0.379. The number of aromatic nitrogens is 1. The molecule has 0 aromatic carbocycles. The normalized spacial score (nSPS) is 12.2. The Kier molecular flexibility index (Phi) is 3.20. The average Bonchev–Trinajstić information content (AvgIpc) is 2.01. The second-order valence-corrected chi connectivity index (χ2v) is 5.34. The maximum absolute atomic E-state index is 6.33. The van der Waals surface area contributed by atoms with Crippen LogP contribution in [-0.4, -0.2) is 4.98 Å². The molecule has 1 heterocycles. The topological polar surface area (TPSA) is 12.9 Å². The highest BCUT2D eigenvalue weighted by Gasteiger charge is 2.20. The first-order valence-electron chi connectivity index (χ1n) is 4.99. The van der Waals surface area contributed by atoms with Gasteiger partial charge in [-0.05, 0) is 23.0 Å². The highest BCUT2D eigenvalue weighted by molar-refractivity contribution is 6.32. The Morgan fingerprint density at radius 1 is 1.29 bits per heavy atom. The van der Waals surface area contributed by atoms with Crippen LogP contribution in [0.4, 0.5) is 0 Å². The molecule has 1 nitrogen and oxygen atoms in total. The van der Waals surface area contributed by atoms with Gasteiger partial charge in [0, 0.05) is 6.20 Å². The van der Waals surface area contributed by atoms with E-state index in [1.807, 2.05) is 12.3 Å². The van der Waals surface area contributed by atoms with Crippen LogP contribution in [0.25, 0.3) is 0 Å². The molecule has 78 valence electrons. The van der Waals surface area contributed by atoms with E-state index in [1.54, 1.807) is 0 Å². The van der Waals surface area contributed by atoms with Crippen molar-refractivity contribution in [3.63, 3.8) is 0 Å². The third-order valence-corrected chi connectivity index (χ3v) is 2.67. The summed E-state index contributed by atoms with van der Waals surface area (Å²) in [4.78, 5) is 4.32. The Bertz CT molecular complexity index is 324. The molecule has 0 saturated heterocycles. The van der Waals surface area contributed by atoms with Gasteiger partial charge in [-0.2, -0.15) is 0 Å². The number of nitrogens with zero attached hydrogens (tertiary/aromatic N) is 1. The van der Waals surface area contributed by atoms with E-state index in [0.29, 0.717) is 5.92 Å². The summed E-state index contributed by atoms with van der Waals surface area (Å²) in [5, 5.41) is 0.829. The van der Waals surface area contributed by atoms with Gasteiger partial charge in [0.2, 0.25) is 0 Å². The fourth-order valence-electron chi connectivity index (χ4n) is 1.44. The molecule has 0 unspecified atom stereocenters. The van der Waals surface area contributed by atoms with Crippen molar-refractivity contribution in [1.29, 1.82) is 0 Å². The smallest absolute Gasteiger partial charge is 0.0661 e. The first-order chi connectivity index (χ1) is 6.34. The minimum atomic E-state index is 0.0870. The Morgan fingerprint density at radius 2 is 1.86 bits per heavy atom. The van der Waals surface area contributed by atoms with Crippen molar-refractivity contribution in [3.8, 4) is 0 Å². The van der Waals surface area contributed by atoms with Gasteiger partial charge in [-0.1, -0.05) is 46.2 Å². The number of pyridine rings is 1. The highest BCUT2D eigenvalue weighted by Crippen LogP contribution is 2.33. The third-order valence-electron chi connectivity index (χ3n) is 2.27. The lowest BCUT2D eigenvalue weighted by Crippen LogP contribution is -2.13. The zero-order chi connectivity index (χ0) is 10.9. The Morgan fingerprint density at radius 3 is 2.29 bits per heavy atom. The summed E-state index contributed by atoms with van der Waals surface area (Å²) >= 11 is 6.33. The fraction of sp³-hybridized carbons (Fsp3) is 0.583. The van der Waals surface area contributed by atoms with Crippen LogP contribution in [0.1, 0.15) is 51.8 Å². The van der Waals surface area contributed by atoms with Gasteiger partial charge in [-0.3, -0.25) is 4.98 Å². The van der Waals surface area contributed by atoms with Crippen LogP contribution in [0, 0.1) is 0 Å². The van der Waals surface area contributed by atoms with E-state index in [4.69, 9.17) is 11.6 Å². The van der Waals surface area contributed by atoms with Gasteiger partial charge in [-0.25, -0.2) is 0 Å². The summed E-state index contributed by atoms with van der Waals surface area (Å²) in [6.45, 7) is 10.7. The summed E-state index contributed by atoms with van der Waals surface area (Å²) in [7, 11) is 0. The van der Waals surface area contributed by atoms with Crippen LogP contribution in [0.2, 0.25) is 5.02 Å². The standard InChI is InChI=1S/C12H18ClN/c1-8(2)11-10(13)9(6-7-14-11)12(3,4)5/h6-8H,1-5H3. The predicted octanol–water partition coefficient (Wildman–Crippen LogP) is 4.16. The summed E-state index contributed by atoms with van der Waals surface area (Å²) in [6, 6.07) is 2.01. The zero-order valence-electron chi connectivity index (χ0n) is 9.56. The molecule has 2 heteroatoms. The summed E-state index contributed by atoms with van der Waals surface area (Å²) in [5.41, 5.74) is 2.26. The van der Waals surface area contributed by atoms with E-state index < -0.39 is 0 Å². The first kappa shape index (κ1) is 11.5. The molecule has 0 radical (unpaired) electrons. The monoisotopic (exact) mass is 211 g/mol. The van der Waals surface area contributed by atoms with Crippen molar-refractivity contribution in [2.75, 3.05) is 0 Å². The second-order valence-electron chi connectivity index (χ2n) is 4.96. The lowest BCUT2D eigenvalue weighted by Gasteiger charge is -2.22. The van der Waals surface area contributed by atoms with Crippen molar-refractivity contribution in [1.82, 2.24) is 4.98 Å². The fourth-order valence-corrected chi connectivity index (χ4v) is 2.06. The minimum Gasteiger partial charge on any atom is -0.259 e. The van der Waals surface area contributed by atoms with Gasteiger partial charge in [0.05, 0.1) is 10.7 Å². The highest BCUT2D eigenvalue weighted by atomic mass is 35.5. The van der Waals surface area contributed by atoms with Crippen LogP contribution in [0.3, 0.4) is 0 Å². The van der Waals surface area contributed by atoms with Crippen LogP contribution >= 0.6 is 11.6 Å². The van der Waals surface area contributed by atoms with Crippen molar-refractivity contribution in [2.24, 2.45) is 0 Å². The summed E-state index contributed by atoms with van der Waals surface area (Å²) < 4.78 is 0. The van der Waals surface area contributed by atoms with E-state index in [-0.39, 0.29) is 5.41 Å². The summed E-state index contributed by atoms with van der Waals surface area (Å²) in [6.07, 6.45) is 1.85. The van der Waals surface area contributed by atoms with Crippen molar-refractivity contribution >= 4 is 11.6 Å². The van der Waals surface area contributed by atoms with Crippen LogP contribution < -0.4 is 0 Å². The Labute approximate surface area is 91.5 Å². The van der Waals surface area contributed by atoms with Gasteiger partial charge < -0.3 is 0 Å². The van der Waals surface area contributed by atoms with E-state index in [2.05, 4.69) is 39.6 Å². The maximum atomic E-state index is 6.33. The molecule has 1 aromatic rings. The Hall–Kier alpha value is -0.560. The molecule has 0 fully saturated rings. The molecule has 0 aliphatic carbocycles. The van der Waals surface area contributed by atoms with Gasteiger partial charge >= 0.3 is 0 Å². The predicted molar refractivity (Wildman–Crippen MR) is 62.0 cm³/mol. The molecule has 14 heavy (non-hydrogen) atoms. The molecular weight excluding hydrogens is 194 g/mol. The SMILES string of the molecule is CC(C)c1nccc(C(C)(C)C)c1Cl. The maximum Gasteiger partial charge on any atom is 0.0661 e. The second kappa shape index (κ2) is 3.90. The van der Waals surface area contributed by atoms with Crippen molar-refractivity contribution in [3.05, 3.63) is 28.5 Å². The van der Waals surface area contributed by atoms with Crippen molar-refractivity contribution < 1.29 is 0 Å². The lowest BCUT2D eigenvalue weighted by atomic mass is 9.86. The molecule has 0 aliphatic heterocycles. The molecule has 1 rings (SSSR count). The molecule has 1 aromatic heterocycles. The minimum absolute atomic E-state index is 0.0870. The van der Waals surface area contributed by atoms with E-state index in [0.717, 1.165) is 10.7 Å². The zero-order valence-corrected chi connectivity index (χ0v) is 10.3. The number of rotatable bonds is 1. The molecule has 0 bridgehead atoms. The molecular formula is C12H18ClN. The van der Waals surface area contributed by atoms with E-state index in [1.165, 1.54) is 5.56 Å².